The Kier molecular flexibility index (Phi) is 7.10. The van der Waals surface area contributed by atoms with Crippen LogP contribution in [0.5, 0.6) is 0 Å². The van der Waals surface area contributed by atoms with Crippen molar-refractivity contribution in [3.63, 3.8) is 0 Å². The van der Waals surface area contributed by atoms with E-state index in [0.717, 1.165) is 62.6 Å². The fourth-order valence-electron chi connectivity index (χ4n) is 4.35. The van der Waals surface area contributed by atoms with Crippen molar-refractivity contribution in [3.05, 3.63) is 59.1 Å². The van der Waals surface area contributed by atoms with Gasteiger partial charge in [-0.3, -0.25) is 14.5 Å². The largest absolute Gasteiger partial charge is 0.369 e. The van der Waals surface area contributed by atoms with Gasteiger partial charge >= 0.3 is 0 Å². The number of amides is 2. The van der Waals surface area contributed by atoms with E-state index in [0.29, 0.717) is 17.8 Å². The lowest BCUT2D eigenvalue weighted by molar-refractivity contribution is -0.117. The second kappa shape index (κ2) is 10.2. The monoisotopic (exact) mass is 440 g/mol. The number of rotatable bonds is 6. The highest BCUT2D eigenvalue weighted by Gasteiger charge is 2.22. The van der Waals surface area contributed by atoms with E-state index >= 15 is 0 Å². The SMILES string of the molecule is O=C(CN1CCN(c2cccc(Cl)c2)CC1)Nc1ccccc1C(=O)NC1CCCC1. The van der Waals surface area contributed by atoms with Crippen molar-refractivity contribution in [2.24, 2.45) is 0 Å². The molecule has 1 saturated heterocycles. The number of para-hydroxylation sites is 1. The van der Waals surface area contributed by atoms with Crippen molar-refractivity contribution in [2.45, 2.75) is 31.7 Å². The minimum absolute atomic E-state index is 0.0997. The summed E-state index contributed by atoms with van der Waals surface area (Å²) in [5.74, 6) is -0.213. The van der Waals surface area contributed by atoms with Gasteiger partial charge in [0.25, 0.3) is 5.91 Å². The Morgan fingerprint density at radius 2 is 1.71 bits per heavy atom. The van der Waals surface area contributed by atoms with E-state index in [2.05, 4.69) is 26.5 Å². The number of anilines is 2. The molecule has 2 aromatic rings. The molecule has 2 amide bonds. The first-order valence-corrected chi connectivity index (χ1v) is 11.4. The van der Waals surface area contributed by atoms with Crippen LogP contribution in [0.4, 0.5) is 11.4 Å². The molecule has 1 aliphatic carbocycles. The topological polar surface area (TPSA) is 64.7 Å². The van der Waals surface area contributed by atoms with Crippen molar-refractivity contribution in [1.29, 1.82) is 0 Å². The van der Waals surface area contributed by atoms with E-state index in [1.807, 2.05) is 30.3 Å². The van der Waals surface area contributed by atoms with E-state index in [1.54, 1.807) is 12.1 Å². The van der Waals surface area contributed by atoms with Crippen molar-refractivity contribution in [1.82, 2.24) is 10.2 Å². The van der Waals surface area contributed by atoms with Crippen molar-refractivity contribution >= 4 is 34.8 Å². The molecule has 0 bridgehead atoms. The van der Waals surface area contributed by atoms with Crippen LogP contribution in [0.1, 0.15) is 36.0 Å². The normalized spacial score (nSPS) is 17.5. The minimum Gasteiger partial charge on any atom is -0.369 e. The van der Waals surface area contributed by atoms with Crippen molar-refractivity contribution in [3.8, 4) is 0 Å². The Hall–Kier alpha value is -2.57. The summed E-state index contributed by atoms with van der Waals surface area (Å²) in [6.07, 6.45) is 4.38. The van der Waals surface area contributed by atoms with Crippen LogP contribution in [-0.4, -0.2) is 55.5 Å². The fraction of sp³-hybridized carbons (Fsp3) is 0.417. The number of benzene rings is 2. The lowest BCUT2D eigenvalue weighted by Crippen LogP contribution is -2.48. The first kappa shape index (κ1) is 21.7. The quantitative estimate of drug-likeness (QED) is 0.717. The molecule has 7 heteroatoms. The molecular formula is C24H29ClN4O2. The van der Waals surface area contributed by atoms with Gasteiger partial charge < -0.3 is 15.5 Å². The van der Waals surface area contributed by atoms with E-state index in [-0.39, 0.29) is 17.9 Å². The molecule has 0 atom stereocenters. The Morgan fingerprint density at radius 1 is 0.968 bits per heavy atom. The van der Waals surface area contributed by atoms with Gasteiger partial charge in [-0.2, -0.15) is 0 Å². The second-order valence-electron chi connectivity index (χ2n) is 8.29. The molecule has 2 aliphatic rings. The van der Waals surface area contributed by atoms with Gasteiger partial charge in [-0.1, -0.05) is 42.6 Å². The maximum absolute atomic E-state index is 12.7. The first-order valence-electron chi connectivity index (χ1n) is 11.0. The Balaban J connectivity index is 1.30. The van der Waals surface area contributed by atoms with Crippen LogP contribution in [-0.2, 0) is 4.79 Å². The maximum atomic E-state index is 12.7. The molecule has 31 heavy (non-hydrogen) atoms. The molecule has 4 rings (SSSR count). The van der Waals surface area contributed by atoms with Gasteiger partial charge in [0.1, 0.15) is 0 Å². The summed E-state index contributed by atoms with van der Waals surface area (Å²) in [5.41, 5.74) is 2.20. The number of carbonyl (C=O) groups is 2. The molecular weight excluding hydrogens is 412 g/mol. The van der Waals surface area contributed by atoms with Gasteiger partial charge in [0.2, 0.25) is 5.91 Å². The molecule has 2 aromatic carbocycles. The van der Waals surface area contributed by atoms with E-state index < -0.39 is 0 Å². The summed E-state index contributed by atoms with van der Waals surface area (Å²) in [4.78, 5) is 29.8. The van der Waals surface area contributed by atoms with Crippen LogP contribution in [0.3, 0.4) is 0 Å². The van der Waals surface area contributed by atoms with E-state index in [1.165, 1.54) is 0 Å². The number of nitrogens with one attached hydrogen (secondary N) is 2. The highest BCUT2D eigenvalue weighted by Crippen LogP contribution is 2.22. The highest BCUT2D eigenvalue weighted by atomic mass is 35.5. The zero-order valence-electron chi connectivity index (χ0n) is 17.6. The lowest BCUT2D eigenvalue weighted by atomic mass is 10.1. The van der Waals surface area contributed by atoms with Crippen molar-refractivity contribution in [2.75, 3.05) is 42.9 Å². The molecule has 0 spiro atoms. The average Bonchev–Trinajstić information content (AvgIpc) is 3.27. The third-order valence-electron chi connectivity index (χ3n) is 6.05. The highest BCUT2D eigenvalue weighted by molar-refractivity contribution is 6.30. The van der Waals surface area contributed by atoms with Gasteiger partial charge in [-0.15, -0.1) is 0 Å². The van der Waals surface area contributed by atoms with Crippen LogP contribution in [0.25, 0.3) is 0 Å². The first-order chi connectivity index (χ1) is 15.1. The third kappa shape index (κ3) is 5.77. The van der Waals surface area contributed by atoms with Crippen LogP contribution in [0.15, 0.2) is 48.5 Å². The Labute approximate surface area is 188 Å². The summed E-state index contributed by atoms with van der Waals surface area (Å²) >= 11 is 6.10. The van der Waals surface area contributed by atoms with Gasteiger partial charge in [0.05, 0.1) is 17.8 Å². The number of piperazine rings is 1. The van der Waals surface area contributed by atoms with Crippen LogP contribution in [0, 0.1) is 0 Å². The summed E-state index contributed by atoms with van der Waals surface area (Å²) in [5, 5.41) is 6.77. The van der Waals surface area contributed by atoms with Crippen molar-refractivity contribution < 1.29 is 9.59 Å². The van der Waals surface area contributed by atoms with E-state index in [9.17, 15) is 9.59 Å². The summed E-state index contributed by atoms with van der Waals surface area (Å²) in [7, 11) is 0. The van der Waals surface area contributed by atoms with Crippen LogP contribution >= 0.6 is 11.6 Å². The third-order valence-corrected chi connectivity index (χ3v) is 6.28. The molecule has 6 nitrogen and oxygen atoms in total. The lowest BCUT2D eigenvalue weighted by Gasteiger charge is -2.35. The van der Waals surface area contributed by atoms with Gasteiger partial charge in [0, 0.05) is 42.9 Å². The molecule has 1 aliphatic heterocycles. The van der Waals surface area contributed by atoms with Gasteiger partial charge in [0.15, 0.2) is 0 Å². The molecule has 0 unspecified atom stereocenters. The van der Waals surface area contributed by atoms with Crippen LogP contribution in [0.2, 0.25) is 5.02 Å². The maximum Gasteiger partial charge on any atom is 0.253 e. The molecule has 2 N–H and O–H groups in total. The Morgan fingerprint density at radius 3 is 2.45 bits per heavy atom. The smallest absolute Gasteiger partial charge is 0.253 e. The summed E-state index contributed by atoms with van der Waals surface area (Å²) in [6, 6.07) is 15.3. The standard InChI is InChI=1S/C24H29ClN4O2/c25-18-6-5-9-20(16-18)29-14-12-28(13-15-29)17-23(30)27-22-11-4-3-10-21(22)24(31)26-19-7-1-2-8-19/h3-6,9-11,16,19H,1-2,7-8,12-15,17H2,(H,26,31)(H,27,30). The van der Waals surface area contributed by atoms with E-state index in [4.69, 9.17) is 11.6 Å². The number of carbonyl (C=O) groups excluding carboxylic acids is 2. The zero-order valence-corrected chi connectivity index (χ0v) is 18.4. The Bertz CT molecular complexity index is 921. The molecule has 0 aromatic heterocycles. The fourth-order valence-corrected chi connectivity index (χ4v) is 4.54. The number of hydrogen-bond donors (Lipinski definition) is 2. The van der Waals surface area contributed by atoms with Gasteiger partial charge in [-0.25, -0.2) is 0 Å². The molecule has 1 heterocycles. The second-order valence-corrected chi connectivity index (χ2v) is 8.73. The molecule has 1 saturated carbocycles. The summed E-state index contributed by atoms with van der Waals surface area (Å²) in [6.45, 7) is 3.58. The molecule has 2 fully saturated rings. The molecule has 164 valence electrons. The average molecular weight is 441 g/mol. The molecule has 0 radical (unpaired) electrons. The number of nitrogens with zero attached hydrogens (tertiary/aromatic N) is 2. The number of halogens is 1. The zero-order chi connectivity index (χ0) is 21.6. The predicted molar refractivity (Wildman–Crippen MR) is 125 cm³/mol. The van der Waals surface area contributed by atoms with Gasteiger partial charge in [-0.05, 0) is 43.2 Å². The predicted octanol–water partition coefficient (Wildman–Crippen LogP) is 3.77. The summed E-state index contributed by atoms with van der Waals surface area (Å²) < 4.78 is 0. The minimum atomic E-state index is -0.113. The number of hydrogen-bond acceptors (Lipinski definition) is 4. The van der Waals surface area contributed by atoms with Crippen LogP contribution < -0.4 is 15.5 Å².